The van der Waals surface area contributed by atoms with E-state index in [-0.39, 0.29) is 10.7 Å². The zero-order valence-corrected chi connectivity index (χ0v) is 16.0. The molecule has 0 atom stereocenters. The lowest BCUT2D eigenvalue weighted by Gasteiger charge is -2.35. The summed E-state index contributed by atoms with van der Waals surface area (Å²) in [5, 5.41) is 0. The van der Waals surface area contributed by atoms with Gasteiger partial charge in [0.2, 0.25) is 10.0 Å². The van der Waals surface area contributed by atoms with Crippen LogP contribution in [0.2, 0.25) is 0 Å². The topological polar surface area (TPSA) is 49.9 Å². The first kappa shape index (κ1) is 18.7. The molecule has 0 aliphatic carbocycles. The molecule has 0 amide bonds. The molecule has 0 saturated carbocycles. The highest BCUT2D eigenvalue weighted by molar-refractivity contribution is 7.89. The standard InChI is InChI=1S/C19H23FN2O3S/c1-14-12-15(2)19(13-18(14)25-3)26(23,24)22-10-8-21(9-11-22)17-6-4-16(20)5-7-17/h4-7,12-13H,8-11H2,1-3H3. The first-order valence-electron chi connectivity index (χ1n) is 8.49. The number of nitrogens with zero attached hydrogens (tertiary/aromatic N) is 2. The van der Waals surface area contributed by atoms with Crippen molar-refractivity contribution in [1.82, 2.24) is 4.31 Å². The van der Waals surface area contributed by atoms with E-state index in [0.717, 1.165) is 11.3 Å². The summed E-state index contributed by atoms with van der Waals surface area (Å²) in [6, 6.07) is 9.70. The van der Waals surface area contributed by atoms with Gasteiger partial charge < -0.3 is 9.64 Å². The van der Waals surface area contributed by atoms with Crippen molar-refractivity contribution in [3.8, 4) is 5.75 Å². The van der Waals surface area contributed by atoms with Crippen molar-refractivity contribution in [1.29, 1.82) is 0 Å². The number of aryl methyl sites for hydroxylation is 2. The summed E-state index contributed by atoms with van der Waals surface area (Å²) in [7, 11) is -2.05. The van der Waals surface area contributed by atoms with E-state index in [0.29, 0.717) is 37.5 Å². The lowest BCUT2D eigenvalue weighted by Crippen LogP contribution is -2.48. The number of hydrogen-bond acceptors (Lipinski definition) is 4. The van der Waals surface area contributed by atoms with E-state index in [2.05, 4.69) is 4.90 Å². The van der Waals surface area contributed by atoms with E-state index < -0.39 is 10.0 Å². The zero-order valence-electron chi connectivity index (χ0n) is 15.2. The van der Waals surface area contributed by atoms with Crippen molar-refractivity contribution in [3.63, 3.8) is 0 Å². The lowest BCUT2D eigenvalue weighted by molar-refractivity contribution is 0.383. The first-order valence-corrected chi connectivity index (χ1v) is 9.93. The van der Waals surface area contributed by atoms with Crippen molar-refractivity contribution in [2.75, 3.05) is 38.2 Å². The molecule has 26 heavy (non-hydrogen) atoms. The molecule has 1 heterocycles. The average Bonchev–Trinajstić information content (AvgIpc) is 2.62. The smallest absolute Gasteiger partial charge is 0.243 e. The Hall–Kier alpha value is -2.12. The third kappa shape index (κ3) is 3.54. The number of hydrogen-bond donors (Lipinski definition) is 0. The highest BCUT2D eigenvalue weighted by atomic mass is 32.2. The number of sulfonamides is 1. The molecule has 0 radical (unpaired) electrons. The summed E-state index contributed by atoms with van der Waals surface area (Å²) in [6.45, 7) is 5.59. The average molecular weight is 378 g/mol. The van der Waals surface area contributed by atoms with Crippen molar-refractivity contribution in [2.24, 2.45) is 0 Å². The number of piperazine rings is 1. The Kier molecular flexibility index (Phi) is 5.20. The van der Waals surface area contributed by atoms with Crippen LogP contribution in [0, 0.1) is 19.7 Å². The molecule has 1 aliphatic rings. The van der Waals surface area contributed by atoms with Crippen molar-refractivity contribution in [2.45, 2.75) is 18.7 Å². The first-order chi connectivity index (χ1) is 12.3. The largest absolute Gasteiger partial charge is 0.496 e. The third-order valence-electron chi connectivity index (χ3n) is 4.74. The van der Waals surface area contributed by atoms with Crippen LogP contribution >= 0.6 is 0 Å². The Balaban J connectivity index is 1.79. The Labute approximate surface area is 154 Å². The fourth-order valence-electron chi connectivity index (χ4n) is 3.29. The highest BCUT2D eigenvalue weighted by Crippen LogP contribution is 2.29. The van der Waals surface area contributed by atoms with Crippen molar-refractivity contribution >= 4 is 15.7 Å². The molecule has 3 rings (SSSR count). The molecule has 0 spiro atoms. The van der Waals surface area contributed by atoms with Gasteiger partial charge in [-0.15, -0.1) is 0 Å². The Morgan fingerprint density at radius 2 is 1.58 bits per heavy atom. The number of halogens is 1. The molecule has 1 saturated heterocycles. The fourth-order valence-corrected chi connectivity index (χ4v) is 4.93. The molecule has 2 aromatic carbocycles. The molecule has 2 aromatic rings. The number of rotatable bonds is 4. The minimum absolute atomic E-state index is 0.279. The summed E-state index contributed by atoms with van der Waals surface area (Å²) >= 11 is 0. The van der Waals surface area contributed by atoms with Crippen LogP contribution < -0.4 is 9.64 Å². The van der Waals surface area contributed by atoms with Crippen LogP contribution in [0.15, 0.2) is 41.3 Å². The van der Waals surface area contributed by atoms with Gasteiger partial charge in [-0.05, 0) is 49.2 Å². The van der Waals surface area contributed by atoms with Gasteiger partial charge in [-0.2, -0.15) is 4.31 Å². The number of ether oxygens (including phenoxy) is 1. The molecular weight excluding hydrogens is 355 g/mol. The summed E-state index contributed by atoms with van der Waals surface area (Å²) in [6.07, 6.45) is 0. The van der Waals surface area contributed by atoms with Crippen molar-refractivity contribution < 1.29 is 17.5 Å². The van der Waals surface area contributed by atoms with Gasteiger partial charge in [-0.3, -0.25) is 0 Å². The quantitative estimate of drug-likeness (QED) is 0.821. The molecule has 5 nitrogen and oxygen atoms in total. The van der Waals surface area contributed by atoms with E-state index in [9.17, 15) is 12.8 Å². The lowest BCUT2D eigenvalue weighted by atomic mass is 10.1. The van der Waals surface area contributed by atoms with Gasteiger partial charge in [-0.25, -0.2) is 12.8 Å². The van der Waals surface area contributed by atoms with Gasteiger partial charge in [0, 0.05) is 37.9 Å². The second-order valence-corrected chi connectivity index (χ2v) is 8.36. The minimum atomic E-state index is -3.59. The molecule has 0 aromatic heterocycles. The molecule has 1 fully saturated rings. The van der Waals surface area contributed by atoms with E-state index in [1.165, 1.54) is 23.5 Å². The molecule has 0 N–H and O–H groups in total. The van der Waals surface area contributed by atoms with E-state index in [1.807, 2.05) is 13.0 Å². The van der Waals surface area contributed by atoms with Gasteiger partial charge in [-0.1, -0.05) is 6.07 Å². The minimum Gasteiger partial charge on any atom is -0.496 e. The molecule has 7 heteroatoms. The number of benzene rings is 2. The maximum atomic E-state index is 13.1. The molecule has 0 unspecified atom stereocenters. The van der Waals surface area contributed by atoms with Crippen LogP contribution in [0.3, 0.4) is 0 Å². The Morgan fingerprint density at radius 3 is 2.15 bits per heavy atom. The second kappa shape index (κ2) is 7.25. The molecule has 140 valence electrons. The van der Waals surface area contributed by atoms with Crippen LogP contribution in [-0.4, -0.2) is 46.0 Å². The van der Waals surface area contributed by atoms with E-state index in [4.69, 9.17) is 4.74 Å². The number of anilines is 1. The summed E-state index contributed by atoms with van der Waals surface area (Å²) in [5.41, 5.74) is 2.52. The van der Waals surface area contributed by atoms with Crippen LogP contribution in [0.1, 0.15) is 11.1 Å². The molecular formula is C19H23FN2O3S. The van der Waals surface area contributed by atoms with Crippen LogP contribution in [0.25, 0.3) is 0 Å². The van der Waals surface area contributed by atoms with Gasteiger partial charge in [0.1, 0.15) is 11.6 Å². The third-order valence-corrected chi connectivity index (χ3v) is 6.78. The van der Waals surface area contributed by atoms with E-state index >= 15 is 0 Å². The second-order valence-electron chi connectivity index (χ2n) is 6.45. The maximum absolute atomic E-state index is 13.1. The van der Waals surface area contributed by atoms with Crippen LogP contribution in [-0.2, 0) is 10.0 Å². The normalized spacial score (nSPS) is 15.9. The molecule has 1 aliphatic heterocycles. The van der Waals surface area contributed by atoms with Crippen molar-refractivity contribution in [3.05, 3.63) is 53.3 Å². The van der Waals surface area contributed by atoms with Crippen LogP contribution in [0.4, 0.5) is 10.1 Å². The zero-order chi connectivity index (χ0) is 18.9. The SMILES string of the molecule is COc1cc(S(=O)(=O)N2CCN(c3ccc(F)cc3)CC2)c(C)cc1C. The van der Waals surface area contributed by atoms with Crippen LogP contribution in [0.5, 0.6) is 5.75 Å². The fraction of sp³-hybridized carbons (Fsp3) is 0.368. The highest BCUT2D eigenvalue weighted by Gasteiger charge is 2.30. The number of methoxy groups -OCH3 is 1. The Bertz CT molecular complexity index is 890. The van der Waals surface area contributed by atoms with Gasteiger partial charge in [0.05, 0.1) is 12.0 Å². The Morgan fingerprint density at radius 1 is 0.962 bits per heavy atom. The summed E-state index contributed by atoms with van der Waals surface area (Å²) in [5.74, 6) is 0.290. The van der Waals surface area contributed by atoms with E-state index in [1.54, 1.807) is 25.1 Å². The monoisotopic (exact) mass is 378 g/mol. The van der Waals surface area contributed by atoms with Gasteiger partial charge in [0.25, 0.3) is 0 Å². The predicted molar refractivity (Wildman–Crippen MR) is 99.8 cm³/mol. The van der Waals surface area contributed by atoms with Gasteiger partial charge >= 0.3 is 0 Å². The predicted octanol–water partition coefficient (Wildman–Crippen LogP) is 2.96. The maximum Gasteiger partial charge on any atom is 0.243 e. The summed E-state index contributed by atoms with van der Waals surface area (Å²) in [4.78, 5) is 2.35. The van der Waals surface area contributed by atoms with Gasteiger partial charge in [0.15, 0.2) is 0 Å². The summed E-state index contributed by atoms with van der Waals surface area (Å²) < 4.78 is 46.0. The molecule has 0 bridgehead atoms.